The van der Waals surface area contributed by atoms with Gasteiger partial charge in [-0.05, 0) is 42.2 Å². The fourth-order valence-electron chi connectivity index (χ4n) is 1.69. The van der Waals surface area contributed by atoms with Crippen LogP contribution in [0, 0.1) is 5.92 Å². The van der Waals surface area contributed by atoms with Crippen LogP contribution in [0.1, 0.15) is 25.8 Å². The van der Waals surface area contributed by atoms with E-state index in [0.717, 1.165) is 12.2 Å². The quantitative estimate of drug-likeness (QED) is 0.808. The van der Waals surface area contributed by atoms with Gasteiger partial charge in [0.15, 0.2) is 9.84 Å². The molecule has 0 aliphatic carbocycles. The molecule has 0 aliphatic heterocycles. The predicted molar refractivity (Wildman–Crippen MR) is 75.5 cm³/mol. The van der Waals surface area contributed by atoms with E-state index in [-0.39, 0.29) is 5.75 Å². The van der Waals surface area contributed by atoms with Gasteiger partial charge in [-0.15, -0.1) is 0 Å². The van der Waals surface area contributed by atoms with E-state index >= 15 is 0 Å². The van der Waals surface area contributed by atoms with Crippen LogP contribution in [0.5, 0.6) is 0 Å². The summed E-state index contributed by atoms with van der Waals surface area (Å²) in [6.45, 7) is 4.01. The van der Waals surface area contributed by atoms with Crippen LogP contribution < -0.4 is 0 Å². The minimum Gasteiger partial charge on any atom is -0.224 e. The fourth-order valence-corrected chi connectivity index (χ4v) is 3.14. The first kappa shape index (κ1) is 14.6. The van der Waals surface area contributed by atoms with Crippen LogP contribution in [0.15, 0.2) is 29.2 Å². The van der Waals surface area contributed by atoms with Gasteiger partial charge in [0.05, 0.1) is 10.6 Å². The zero-order valence-corrected chi connectivity index (χ0v) is 12.1. The van der Waals surface area contributed by atoms with Crippen molar-refractivity contribution in [3.8, 4) is 0 Å². The molecule has 1 atom stereocenters. The van der Waals surface area contributed by atoms with Crippen LogP contribution in [0.2, 0.25) is 0 Å². The summed E-state index contributed by atoms with van der Waals surface area (Å²) in [5.41, 5.74) is 1.17. The molecule has 0 aliphatic rings. The molecular weight excluding hydrogens is 252 g/mol. The minimum atomic E-state index is -3.08. The van der Waals surface area contributed by atoms with E-state index in [1.54, 1.807) is 12.1 Å². The molecule has 4 heteroatoms. The number of hydrogen-bond acceptors (Lipinski definition) is 3. The van der Waals surface area contributed by atoms with Gasteiger partial charge in [-0.2, -0.15) is 12.6 Å². The molecule has 96 valence electrons. The van der Waals surface area contributed by atoms with Crippen molar-refractivity contribution in [1.29, 1.82) is 0 Å². The molecule has 2 nitrogen and oxygen atoms in total. The molecule has 1 aromatic carbocycles. The average molecular weight is 272 g/mol. The summed E-state index contributed by atoms with van der Waals surface area (Å²) in [4.78, 5) is 0.432. The van der Waals surface area contributed by atoms with Crippen molar-refractivity contribution >= 4 is 22.5 Å². The smallest absolute Gasteiger partial charge is 0.178 e. The van der Waals surface area contributed by atoms with Crippen LogP contribution in [0.4, 0.5) is 0 Å². The Hall–Kier alpha value is -0.480. The Labute approximate surface area is 110 Å². The molecule has 0 N–H and O–H groups in total. The summed E-state index contributed by atoms with van der Waals surface area (Å²) in [6, 6.07) is 7.24. The Kier molecular flexibility index (Phi) is 5.53. The van der Waals surface area contributed by atoms with E-state index in [1.165, 1.54) is 5.56 Å². The van der Waals surface area contributed by atoms with Crippen LogP contribution in [0.3, 0.4) is 0 Å². The molecule has 0 saturated carbocycles. The lowest BCUT2D eigenvalue weighted by molar-refractivity contribution is 0.594. The van der Waals surface area contributed by atoms with Gasteiger partial charge in [-0.25, -0.2) is 8.42 Å². The normalized spacial score (nSPS) is 13.6. The van der Waals surface area contributed by atoms with Crippen molar-refractivity contribution in [2.24, 2.45) is 5.92 Å². The Morgan fingerprint density at radius 3 is 2.29 bits per heavy atom. The summed E-state index contributed by atoms with van der Waals surface area (Å²) in [5.74, 6) is 1.58. The van der Waals surface area contributed by atoms with Crippen molar-refractivity contribution in [3.05, 3.63) is 29.8 Å². The first-order valence-corrected chi connectivity index (χ1v) is 8.20. The third kappa shape index (κ3) is 4.36. The van der Waals surface area contributed by atoms with Gasteiger partial charge in [0.25, 0.3) is 0 Å². The Balaban J connectivity index is 2.81. The number of thiol groups is 1. The lowest BCUT2D eigenvalue weighted by atomic mass is 10.0. The van der Waals surface area contributed by atoms with Gasteiger partial charge in [0.1, 0.15) is 0 Å². The summed E-state index contributed by atoms with van der Waals surface area (Å²) in [7, 11) is -3.08. The summed E-state index contributed by atoms with van der Waals surface area (Å²) < 4.78 is 23.6. The van der Waals surface area contributed by atoms with E-state index in [0.29, 0.717) is 17.2 Å². The molecular formula is C13H20O2S2. The van der Waals surface area contributed by atoms with Gasteiger partial charge in [0, 0.05) is 0 Å². The van der Waals surface area contributed by atoms with Crippen molar-refractivity contribution in [1.82, 2.24) is 0 Å². The second-order valence-electron chi connectivity index (χ2n) is 4.45. The maximum Gasteiger partial charge on any atom is 0.178 e. The van der Waals surface area contributed by atoms with E-state index < -0.39 is 9.84 Å². The molecule has 1 aromatic rings. The van der Waals surface area contributed by atoms with Gasteiger partial charge in [0.2, 0.25) is 0 Å². The Morgan fingerprint density at radius 1 is 1.24 bits per heavy atom. The molecule has 0 fully saturated rings. The maximum atomic E-state index is 11.8. The zero-order valence-electron chi connectivity index (χ0n) is 10.4. The lowest BCUT2D eigenvalue weighted by Crippen LogP contribution is -2.06. The van der Waals surface area contributed by atoms with Crippen molar-refractivity contribution in [3.63, 3.8) is 0 Å². The van der Waals surface area contributed by atoms with E-state index in [1.807, 2.05) is 19.1 Å². The zero-order chi connectivity index (χ0) is 12.9. The van der Waals surface area contributed by atoms with Crippen molar-refractivity contribution < 1.29 is 8.42 Å². The highest BCUT2D eigenvalue weighted by molar-refractivity contribution is 7.91. The van der Waals surface area contributed by atoms with Crippen molar-refractivity contribution in [2.75, 3.05) is 11.5 Å². The number of rotatable bonds is 6. The standard InChI is InChI=1S/C13H20O2S2/c1-3-8-17(14,15)13-6-4-12(5-7-13)9-11(2)10-16/h4-7,11,16H,3,8-10H2,1-2H3. The highest BCUT2D eigenvalue weighted by Crippen LogP contribution is 2.16. The summed E-state index contributed by atoms with van der Waals surface area (Å²) >= 11 is 4.24. The average Bonchev–Trinajstić information content (AvgIpc) is 2.29. The van der Waals surface area contributed by atoms with Gasteiger partial charge >= 0.3 is 0 Å². The number of benzene rings is 1. The van der Waals surface area contributed by atoms with Crippen LogP contribution in [0.25, 0.3) is 0 Å². The monoisotopic (exact) mass is 272 g/mol. The van der Waals surface area contributed by atoms with Crippen LogP contribution in [-0.2, 0) is 16.3 Å². The molecule has 1 unspecified atom stereocenters. The molecule has 0 spiro atoms. The third-order valence-electron chi connectivity index (χ3n) is 2.65. The fraction of sp³-hybridized carbons (Fsp3) is 0.538. The second kappa shape index (κ2) is 6.45. The van der Waals surface area contributed by atoms with Gasteiger partial charge in [-0.1, -0.05) is 26.0 Å². The SMILES string of the molecule is CCCS(=O)(=O)c1ccc(CC(C)CS)cc1. The van der Waals surface area contributed by atoms with Crippen molar-refractivity contribution in [2.45, 2.75) is 31.6 Å². The van der Waals surface area contributed by atoms with Crippen LogP contribution in [-0.4, -0.2) is 19.9 Å². The molecule has 1 rings (SSSR count). The van der Waals surface area contributed by atoms with E-state index in [2.05, 4.69) is 19.6 Å². The largest absolute Gasteiger partial charge is 0.224 e. The number of hydrogen-bond donors (Lipinski definition) is 1. The van der Waals surface area contributed by atoms with E-state index in [9.17, 15) is 8.42 Å². The Bertz CT molecular complexity index is 435. The highest BCUT2D eigenvalue weighted by Gasteiger charge is 2.12. The molecule has 17 heavy (non-hydrogen) atoms. The first-order chi connectivity index (χ1) is 7.99. The highest BCUT2D eigenvalue weighted by atomic mass is 32.2. The van der Waals surface area contributed by atoms with E-state index in [4.69, 9.17) is 0 Å². The molecule has 0 bridgehead atoms. The first-order valence-electron chi connectivity index (χ1n) is 5.92. The molecule has 0 aromatic heterocycles. The van der Waals surface area contributed by atoms with Crippen LogP contribution >= 0.6 is 12.6 Å². The third-order valence-corrected chi connectivity index (χ3v) is 5.21. The molecule has 0 saturated heterocycles. The second-order valence-corrected chi connectivity index (χ2v) is 6.93. The minimum absolute atomic E-state index is 0.222. The lowest BCUT2D eigenvalue weighted by Gasteiger charge is -2.09. The summed E-state index contributed by atoms with van der Waals surface area (Å²) in [5, 5.41) is 0. The van der Waals surface area contributed by atoms with Gasteiger partial charge < -0.3 is 0 Å². The molecule has 0 radical (unpaired) electrons. The molecule has 0 amide bonds. The maximum absolute atomic E-state index is 11.8. The predicted octanol–water partition coefficient (Wildman–Crippen LogP) is 2.98. The Morgan fingerprint density at radius 2 is 1.82 bits per heavy atom. The topological polar surface area (TPSA) is 34.1 Å². The summed E-state index contributed by atoms with van der Waals surface area (Å²) in [6.07, 6.45) is 1.60. The molecule has 0 heterocycles. The van der Waals surface area contributed by atoms with Gasteiger partial charge in [-0.3, -0.25) is 0 Å². The number of sulfone groups is 1.